The second kappa shape index (κ2) is 6.32. The number of ketones is 1. The van der Waals surface area contributed by atoms with Crippen molar-refractivity contribution in [2.75, 3.05) is 6.54 Å². The third-order valence-corrected chi connectivity index (χ3v) is 4.58. The molecule has 0 amide bonds. The summed E-state index contributed by atoms with van der Waals surface area (Å²) < 4.78 is 0. The highest BCUT2D eigenvalue weighted by Gasteiger charge is 2.46. The van der Waals surface area contributed by atoms with Gasteiger partial charge in [-0.25, -0.2) is 14.8 Å². The molecule has 0 aromatic carbocycles. The minimum absolute atomic E-state index is 0.148. The summed E-state index contributed by atoms with van der Waals surface area (Å²) in [5, 5.41) is 21.0. The lowest BCUT2D eigenvalue weighted by Crippen LogP contribution is -2.38. The van der Waals surface area contributed by atoms with E-state index in [-0.39, 0.29) is 23.4 Å². The minimum atomic E-state index is -1.19. The molecule has 0 saturated heterocycles. The topological polar surface area (TPSA) is 155 Å². The number of aromatic carboxylic acids is 1. The number of Topliss-reactive ketones (excluding diaryl/α,β-unsaturated/α-hetero) is 1. The molecule has 0 aliphatic heterocycles. The smallest absolute Gasteiger partial charge is 0.356 e. The van der Waals surface area contributed by atoms with Crippen molar-refractivity contribution in [2.45, 2.75) is 18.3 Å². The Hall–Kier alpha value is -2.88. The third kappa shape index (κ3) is 2.83. The Morgan fingerprint density at radius 2 is 2.17 bits per heavy atom. The summed E-state index contributed by atoms with van der Waals surface area (Å²) in [7, 11) is 0. The van der Waals surface area contributed by atoms with Crippen LogP contribution in [0.5, 0.6) is 0 Å². The van der Waals surface area contributed by atoms with E-state index < -0.39 is 11.9 Å². The molecule has 3 rings (SSSR count). The van der Waals surface area contributed by atoms with E-state index >= 15 is 0 Å². The van der Waals surface area contributed by atoms with E-state index in [0.717, 1.165) is 0 Å². The average Bonchev–Trinajstić information content (AvgIpc) is 3.05. The van der Waals surface area contributed by atoms with Crippen molar-refractivity contribution >= 4 is 29.0 Å². The van der Waals surface area contributed by atoms with Gasteiger partial charge in [0.15, 0.2) is 16.7 Å². The van der Waals surface area contributed by atoms with Crippen LogP contribution in [-0.2, 0) is 0 Å². The van der Waals surface area contributed by atoms with Crippen molar-refractivity contribution in [3.05, 3.63) is 39.9 Å². The number of thiazole rings is 1. The first kappa shape index (κ1) is 16.0. The van der Waals surface area contributed by atoms with Crippen molar-refractivity contribution < 1.29 is 14.7 Å². The number of carboxylic acids is 1. The Bertz CT molecular complexity index is 807. The maximum Gasteiger partial charge on any atom is 0.356 e. The van der Waals surface area contributed by atoms with Crippen LogP contribution in [0, 0.1) is 5.41 Å². The number of nitrogens with two attached hydrogens (primary N) is 1. The highest BCUT2D eigenvalue weighted by atomic mass is 32.1. The van der Waals surface area contributed by atoms with Gasteiger partial charge in [0.1, 0.15) is 0 Å². The molecule has 5 N–H and O–H groups in total. The molecule has 1 aliphatic carbocycles. The molecular weight excluding hydrogens is 332 g/mol. The molecule has 24 heavy (non-hydrogen) atoms. The van der Waals surface area contributed by atoms with Crippen LogP contribution in [0.2, 0.25) is 0 Å². The molecule has 124 valence electrons. The predicted molar refractivity (Wildman–Crippen MR) is 85.5 cm³/mol. The standard InChI is InChI=1S/C14H14N6O3S/c15-14(16)18-2-1-6-8(11(21)12-17-3-4-24-12)10-9(6)19-5-7(20-10)13(22)23/h3-6,8H,1-2H2,(H,22,23)(H4,15,16,18). The maximum atomic E-state index is 12.7. The molecule has 2 heterocycles. The number of rotatable bonds is 6. The van der Waals surface area contributed by atoms with Gasteiger partial charge in [-0.1, -0.05) is 0 Å². The SMILES string of the molecule is N=C(N)NCCC1c2ncc(C(=O)O)nc2C1C(=O)c1nccs1. The summed E-state index contributed by atoms with van der Waals surface area (Å²) in [6.45, 7) is 0.406. The zero-order chi connectivity index (χ0) is 17.3. The van der Waals surface area contributed by atoms with E-state index in [0.29, 0.717) is 29.4 Å². The van der Waals surface area contributed by atoms with Crippen molar-refractivity contribution in [1.82, 2.24) is 20.3 Å². The van der Waals surface area contributed by atoms with Crippen molar-refractivity contribution in [3.8, 4) is 0 Å². The molecule has 0 saturated carbocycles. The molecule has 2 aromatic rings. The fraction of sp³-hybridized carbons (Fsp3) is 0.286. The molecular formula is C14H14N6O3S. The van der Waals surface area contributed by atoms with E-state index in [2.05, 4.69) is 20.3 Å². The van der Waals surface area contributed by atoms with Gasteiger partial charge in [-0.2, -0.15) is 0 Å². The summed E-state index contributed by atoms with van der Waals surface area (Å²) in [6, 6.07) is 0. The summed E-state index contributed by atoms with van der Waals surface area (Å²) >= 11 is 1.23. The molecule has 1 aliphatic rings. The number of carboxylic acid groups (broad SMARTS) is 1. The van der Waals surface area contributed by atoms with Gasteiger partial charge in [-0.05, 0) is 6.42 Å². The highest BCUT2D eigenvalue weighted by molar-refractivity contribution is 7.11. The third-order valence-electron chi connectivity index (χ3n) is 3.79. The Labute approximate surface area is 140 Å². The summed E-state index contributed by atoms with van der Waals surface area (Å²) in [5.74, 6) is -2.32. The predicted octanol–water partition coefficient (Wildman–Crippen LogP) is 0.568. The number of carbonyl (C=O) groups excluding carboxylic acids is 1. The number of nitrogens with zero attached hydrogens (tertiary/aromatic N) is 3. The molecule has 0 spiro atoms. The second-order valence-corrected chi connectivity index (χ2v) is 6.14. The Kier molecular flexibility index (Phi) is 4.21. The zero-order valence-corrected chi connectivity index (χ0v) is 13.2. The lowest BCUT2D eigenvalue weighted by molar-refractivity contribution is 0.0687. The molecule has 0 fully saturated rings. The van der Waals surface area contributed by atoms with Gasteiger partial charge in [-0.15, -0.1) is 11.3 Å². The number of nitrogens with one attached hydrogen (secondary N) is 2. The molecule has 0 radical (unpaired) electrons. The Morgan fingerprint density at radius 1 is 1.38 bits per heavy atom. The van der Waals surface area contributed by atoms with Crippen LogP contribution >= 0.6 is 11.3 Å². The molecule has 0 bridgehead atoms. The molecule has 10 heteroatoms. The van der Waals surface area contributed by atoms with E-state index in [1.54, 1.807) is 11.6 Å². The van der Waals surface area contributed by atoms with Gasteiger partial charge in [0.25, 0.3) is 0 Å². The van der Waals surface area contributed by atoms with Crippen LogP contribution in [-0.4, -0.2) is 44.3 Å². The van der Waals surface area contributed by atoms with Crippen LogP contribution < -0.4 is 11.1 Å². The number of hydrogen-bond acceptors (Lipinski definition) is 7. The zero-order valence-electron chi connectivity index (χ0n) is 12.4. The maximum absolute atomic E-state index is 12.7. The summed E-state index contributed by atoms with van der Waals surface area (Å²) in [4.78, 5) is 36.0. The molecule has 2 unspecified atom stereocenters. The first-order valence-electron chi connectivity index (χ1n) is 7.10. The normalized spacial score (nSPS) is 18.3. The van der Waals surface area contributed by atoms with E-state index in [1.807, 2.05) is 0 Å². The number of guanidine groups is 1. The van der Waals surface area contributed by atoms with Gasteiger partial charge in [0.2, 0.25) is 5.78 Å². The Balaban J connectivity index is 1.89. The van der Waals surface area contributed by atoms with Crippen LogP contribution in [0.25, 0.3) is 0 Å². The van der Waals surface area contributed by atoms with Gasteiger partial charge >= 0.3 is 5.97 Å². The van der Waals surface area contributed by atoms with Crippen LogP contribution in [0.3, 0.4) is 0 Å². The monoisotopic (exact) mass is 346 g/mol. The first-order valence-corrected chi connectivity index (χ1v) is 7.98. The lowest BCUT2D eigenvalue weighted by Gasteiger charge is -2.35. The molecule has 2 aromatic heterocycles. The summed E-state index contributed by atoms with van der Waals surface area (Å²) in [6.07, 6.45) is 3.26. The van der Waals surface area contributed by atoms with Gasteiger partial charge < -0.3 is 16.2 Å². The minimum Gasteiger partial charge on any atom is -0.476 e. The number of hydrogen-bond donors (Lipinski definition) is 4. The highest BCUT2D eigenvalue weighted by Crippen LogP contribution is 2.48. The second-order valence-electron chi connectivity index (χ2n) is 5.25. The van der Waals surface area contributed by atoms with Crippen LogP contribution in [0.1, 0.15) is 49.9 Å². The van der Waals surface area contributed by atoms with E-state index in [1.165, 1.54) is 17.5 Å². The summed E-state index contributed by atoms with van der Waals surface area (Å²) in [5.41, 5.74) is 6.08. The largest absolute Gasteiger partial charge is 0.476 e. The van der Waals surface area contributed by atoms with Crippen molar-refractivity contribution in [2.24, 2.45) is 5.73 Å². The fourth-order valence-corrected chi connectivity index (χ4v) is 3.35. The van der Waals surface area contributed by atoms with Gasteiger partial charge in [-0.3, -0.25) is 15.2 Å². The van der Waals surface area contributed by atoms with E-state index in [9.17, 15) is 9.59 Å². The quantitative estimate of drug-likeness (QED) is 0.336. The number of aromatic nitrogens is 3. The average molecular weight is 346 g/mol. The molecule has 9 nitrogen and oxygen atoms in total. The Morgan fingerprint density at radius 3 is 2.79 bits per heavy atom. The van der Waals surface area contributed by atoms with Crippen LogP contribution in [0.4, 0.5) is 0 Å². The number of carbonyl (C=O) groups is 2. The van der Waals surface area contributed by atoms with Crippen LogP contribution in [0.15, 0.2) is 17.8 Å². The molecule has 2 atom stereocenters. The van der Waals surface area contributed by atoms with Crippen molar-refractivity contribution in [3.63, 3.8) is 0 Å². The fourth-order valence-electron chi connectivity index (χ4n) is 2.73. The first-order chi connectivity index (χ1) is 11.5. The van der Waals surface area contributed by atoms with Gasteiger partial charge in [0.05, 0.1) is 23.5 Å². The van der Waals surface area contributed by atoms with Crippen molar-refractivity contribution in [1.29, 1.82) is 5.41 Å². The number of fused-ring (bicyclic) bond motifs is 1. The van der Waals surface area contributed by atoms with Gasteiger partial charge in [0, 0.05) is 24.0 Å². The lowest BCUT2D eigenvalue weighted by atomic mass is 9.70. The van der Waals surface area contributed by atoms with E-state index in [4.69, 9.17) is 16.2 Å².